The van der Waals surface area contributed by atoms with Crippen LogP contribution < -0.4 is 10.6 Å². The molecule has 1 fully saturated rings. The van der Waals surface area contributed by atoms with Crippen LogP contribution in [0.2, 0.25) is 0 Å². The van der Waals surface area contributed by atoms with E-state index in [1.165, 1.54) is 0 Å². The van der Waals surface area contributed by atoms with E-state index in [0.717, 1.165) is 30.0 Å². The molecule has 0 heterocycles. The molecule has 0 aromatic heterocycles. The van der Waals surface area contributed by atoms with Gasteiger partial charge in [-0.3, -0.25) is 14.4 Å². The van der Waals surface area contributed by atoms with E-state index in [9.17, 15) is 19.6 Å². The highest BCUT2D eigenvalue weighted by molar-refractivity contribution is 5.99. The molecule has 2 aromatic carbocycles. The summed E-state index contributed by atoms with van der Waals surface area (Å²) in [7, 11) is 0. The Bertz CT molecular complexity index is 958. The highest BCUT2D eigenvalue weighted by Crippen LogP contribution is 2.27. The van der Waals surface area contributed by atoms with Crippen LogP contribution >= 0.6 is 0 Å². The molecule has 0 bridgehead atoms. The Kier molecular flexibility index (Phi) is 6.45. The number of hydrogen-bond donors (Lipinski definition) is 2. The number of carbonyl (C=O) groups is 3. The lowest BCUT2D eigenvalue weighted by Gasteiger charge is -2.31. The van der Waals surface area contributed by atoms with Crippen molar-refractivity contribution in [3.63, 3.8) is 0 Å². The van der Waals surface area contributed by atoms with E-state index in [2.05, 4.69) is 16.7 Å². The van der Waals surface area contributed by atoms with Crippen LogP contribution in [0.3, 0.4) is 0 Å². The Balaban J connectivity index is 1.44. The van der Waals surface area contributed by atoms with Gasteiger partial charge in [-0.25, -0.2) is 0 Å². The number of carbonyl (C=O) groups excluding carboxylic acids is 3. The summed E-state index contributed by atoms with van der Waals surface area (Å²) in [6.07, 6.45) is 4.02. The number of amides is 2. The van der Waals surface area contributed by atoms with Crippen molar-refractivity contribution < 1.29 is 19.1 Å². The van der Waals surface area contributed by atoms with Crippen molar-refractivity contribution in [2.24, 2.45) is 0 Å². The number of esters is 1. The van der Waals surface area contributed by atoms with Crippen molar-refractivity contribution in [1.82, 2.24) is 10.6 Å². The summed E-state index contributed by atoms with van der Waals surface area (Å²) in [5.74, 6) is -1.63. The number of hydrogen-bond acceptors (Lipinski definition) is 5. The molecule has 29 heavy (non-hydrogen) atoms. The molecule has 150 valence electrons. The summed E-state index contributed by atoms with van der Waals surface area (Å²) < 4.78 is 4.92. The number of ether oxygens (including phenoxy) is 1. The Hall–Kier alpha value is -3.40. The number of nitrogens with zero attached hydrogens (tertiary/aromatic N) is 1. The lowest BCUT2D eigenvalue weighted by Crippen LogP contribution is -2.50. The van der Waals surface area contributed by atoms with Gasteiger partial charge in [0.1, 0.15) is 12.1 Å². The first-order valence-corrected chi connectivity index (χ1v) is 9.66. The molecule has 2 N–H and O–H groups in total. The fraction of sp³-hybridized carbons (Fsp3) is 0.364. The molecule has 2 amide bonds. The molecule has 0 atom stereocenters. The predicted molar refractivity (Wildman–Crippen MR) is 107 cm³/mol. The average molecular weight is 393 g/mol. The standard InChI is InChI=1S/C22H23N3O4/c23-15-22(10-4-1-5-11-22)25-19(26)14-29-20(27)13-24-21(28)18-9-8-16-6-2-3-7-17(16)12-18/h2-3,6-9,12H,1,4-5,10-11,13-14H2,(H,24,28)(H,25,26). The van der Waals surface area contributed by atoms with Crippen LogP contribution in [0, 0.1) is 11.3 Å². The average Bonchev–Trinajstić information content (AvgIpc) is 2.76. The normalized spacial score (nSPS) is 15.1. The molecule has 7 nitrogen and oxygen atoms in total. The molecule has 1 aliphatic carbocycles. The zero-order valence-corrected chi connectivity index (χ0v) is 16.1. The first kappa shape index (κ1) is 20.3. The van der Waals surface area contributed by atoms with Crippen LogP contribution in [0.25, 0.3) is 10.8 Å². The zero-order chi connectivity index (χ0) is 20.7. The molecular weight excluding hydrogens is 370 g/mol. The molecule has 1 saturated carbocycles. The second-order valence-electron chi connectivity index (χ2n) is 7.21. The predicted octanol–water partition coefficient (Wildman–Crippen LogP) is 2.46. The Morgan fingerprint density at radius 3 is 2.48 bits per heavy atom. The van der Waals surface area contributed by atoms with Gasteiger partial charge in [0.25, 0.3) is 11.8 Å². The van der Waals surface area contributed by atoms with Crippen molar-refractivity contribution in [2.75, 3.05) is 13.2 Å². The third-order valence-corrected chi connectivity index (χ3v) is 5.07. The first-order chi connectivity index (χ1) is 14.0. The molecule has 3 rings (SSSR count). The van der Waals surface area contributed by atoms with Crippen molar-refractivity contribution >= 4 is 28.6 Å². The lowest BCUT2D eigenvalue weighted by atomic mass is 9.83. The van der Waals surface area contributed by atoms with E-state index < -0.39 is 29.9 Å². The minimum atomic E-state index is -0.869. The Morgan fingerprint density at radius 2 is 1.76 bits per heavy atom. The topological polar surface area (TPSA) is 108 Å². The SMILES string of the molecule is N#CC1(NC(=O)COC(=O)CNC(=O)c2ccc3ccccc3c2)CCCCC1. The minimum Gasteiger partial charge on any atom is -0.454 e. The summed E-state index contributed by atoms with van der Waals surface area (Å²) in [4.78, 5) is 36.1. The van der Waals surface area contributed by atoms with Gasteiger partial charge in [0.2, 0.25) is 0 Å². The van der Waals surface area contributed by atoms with Crippen molar-refractivity contribution in [3.05, 3.63) is 48.0 Å². The smallest absolute Gasteiger partial charge is 0.325 e. The van der Waals surface area contributed by atoms with Gasteiger partial charge in [0.05, 0.1) is 6.07 Å². The van der Waals surface area contributed by atoms with Crippen molar-refractivity contribution in [3.8, 4) is 6.07 Å². The van der Waals surface area contributed by atoms with Crippen LogP contribution in [0.5, 0.6) is 0 Å². The van der Waals surface area contributed by atoms with E-state index in [1.807, 2.05) is 30.3 Å². The second kappa shape index (κ2) is 9.20. The van der Waals surface area contributed by atoms with Gasteiger partial charge in [-0.2, -0.15) is 5.26 Å². The van der Waals surface area contributed by atoms with Crippen LogP contribution in [0.1, 0.15) is 42.5 Å². The fourth-order valence-corrected chi connectivity index (χ4v) is 3.51. The summed E-state index contributed by atoms with van der Waals surface area (Å²) >= 11 is 0. The Morgan fingerprint density at radius 1 is 1.03 bits per heavy atom. The number of nitriles is 1. The van der Waals surface area contributed by atoms with Crippen LogP contribution in [-0.4, -0.2) is 36.5 Å². The zero-order valence-electron chi connectivity index (χ0n) is 16.1. The third kappa shape index (κ3) is 5.32. The summed E-state index contributed by atoms with van der Waals surface area (Å²) in [5.41, 5.74) is -0.436. The van der Waals surface area contributed by atoms with E-state index in [4.69, 9.17) is 4.74 Å². The Labute approximate surface area is 169 Å². The largest absolute Gasteiger partial charge is 0.454 e. The maximum absolute atomic E-state index is 12.2. The molecule has 7 heteroatoms. The number of rotatable bonds is 6. The maximum Gasteiger partial charge on any atom is 0.325 e. The minimum absolute atomic E-state index is 0.345. The molecular formula is C22H23N3O4. The maximum atomic E-state index is 12.2. The van der Waals surface area contributed by atoms with Crippen molar-refractivity contribution in [1.29, 1.82) is 5.26 Å². The first-order valence-electron chi connectivity index (χ1n) is 9.66. The van der Waals surface area contributed by atoms with Gasteiger partial charge in [0, 0.05) is 5.56 Å². The third-order valence-electron chi connectivity index (χ3n) is 5.07. The van der Waals surface area contributed by atoms with Gasteiger partial charge in [-0.1, -0.05) is 49.6 Å². The molecule has 0 spiro atoms. The van der Waals surface area contributed by atoms with Gasteiger partial charge in [-0.15, -0.1) is 0 Å². The van der Waals surface area contributed by atoms with Gasteiger partial charge < -0.3 is 15.4 Å². The van der Waals surface area contributed by atoms with Crippen LogP contribution in [0.15, 0.2) is 42.5 Å². The molecule has 0 saturated heterocycles. The van der Waals surface area contributed by atoms with E-state index in [-0.39, 0.29) is 6.54 Å². The number of fused-ring (bicyclic) bond motifs is 1. The monoisotopic (exact) mass is 393 g/mol. The molecule has 2 aromatic rings. The fourth-order valence-electron chi connectivity index (χ4n) is 3.51. The lowest BCUT2D eigenvalue weighted by molar-refractivity contribution is -0.148. The molecule has 1 aliphatic rings. The quantitative estimate of drug-likeness (QED) is 0.733. The van der Waals surface area contributed by atoms with E-state index in [0.29, 0.717) is 18.4 Å². The van der Waals surface area contributed by atoms with Gasteiger partial charge in [-0.05, 0) is 35.7 Å². The molecule has 0 aliphatic heterocycles. The summed E-state index contributed by atoms with van der Waals surface area (Å²) in [5, 5.41) is 16.5. The second-order valence-corrected chi connectivity index (χ2v) is 7.21. The molecule has 0 radical (unpaired) electrons. The van der Waals surface area contributed by atoms with Gasteiger partial charge in [0.15, 0.2) is 6.61 Å². The van der Waals surface area contributed by atoms with Crippen LogP contribution in [-0.2, 0) is 14.3 Å². The molecule has 0 unspecified atom stereocenters. The van der Waals surface area contributed by atoms with Crippen LogP contribution in [0.4, 0.5) is 0 Å². The number of nitrogens with one attached hydrogen (secondary N) is 2. The highest BCUT2D eigenvalue weighted by atomic mass is 16.5. The van der Waals surface area contributed by atoms with E-state index in [1.54, 1.807) is 12.1 Å². The summed E-state index contributed by atoms with van der Waals surface area (Å²) in [6, 6.07) is 15.1. The summed E-state index contributed by atoms with van der Waals surface area (Å²) in [6.45, 7) is -0.823. The van der Waals surface area contributed by atoms with Gasteiger partial charge >= 0.3 is 5.97 Å². The van der Waals surface area contributed by atoms with E-state index >= 15 is 0 Å². The number of benzene rings is 2. The van der Waals surface area contributed by atoms with Crippen molar-refractivity contribution in [2.45, 2.75) is 37.6 Å². The highest BCUT2D eigenvalue weighted by Gasteiger charge is 2.33.